The summed E-state index contributed by atoms with van der Waals surface area (Å²) < 4.78 is 29.1. The van der Waals surface area contributed by atoms with Gasteiger partial charge in [-0.25, -0.2) is 28.2 Å². The molecule has 8 nitrogen and oxygen atoms in total. The maximum atomic E-state index is 13.9. The minimum absolute atomic E-state index is 0.0308. The van der Waals surface area contributed by atoms with Gasteiger partial charge >= 0.3 is 0 Å². The third-order valence-electron chi connectivity index (χ3n) is 4.42. The maximum absolute atomic E-state index is 13.9. The summed E-state index contributed by atoms with van der Waals surface area (Å²) in [6.45, 7) is 1.77. The normalized spacial score (nSPS) is 12.0. The van der Waals surface area contributed by atoms with E-state index in [9.17, 15) is 14.0 Å². The maximum Gasteiger partial charge on any atom is 0.155 e. The average Bonchev–Trinajstić information content (AvgIpc) is 3.06. The average molecular weight is 427 g/mol. The minimum atomic E-state index is -0.745. The molecule has 0 aliphatic rings. The molecular weight excluding hydrogens is 414 g/mol. The molecule has 0 radical (unpaired) electrons. The first-order valence-electron chi connectivity index (χ1n) is 8.65. The van der Waals surface area contributed by atoms with E-state index in [1.165, 1.54) is 29.2 Å². The van der Waals surface area contributed by atoms with Crippen molar-refractivity contribution in [3.63, 3.8) is 0 Å². The van der Waals surface area contributed by atoms with Crippen molar-refractivity contribution in [3.8, 4) is 17.3 Å². The van der Waals surface area contributed by atoms with Crippen LogP contribution in [0.3, 0.4) is 0 Å². The lowest BCUT2D eigenvalue weighted by Crippen LogP contribution is -2.14. The lowest BCUT2D eigenvalue weighted by molar-refractivity contribution is 0.584. The summed E-state index contributed by atoms with van der Waals surface area (Å²) in [7, 11) is 0. The topological polar surface area (TPSA) is 118 Å². The van der Waals surface area contributed by atoms with Crippen LogP contribution < -0.4 is 11.1 Å². The van der Waals surface area contributed by atoms with Gasteiger partial charge < -0.3 is 11.1 Å². The summed E-state index contributed by atoms with van der Waals surface area (Å²) in [5.41, 5.74) is 7.31. The summed E-state index contributed by atoms with van der Waals surface area (Å²) in [6.07, 6.45) is 2.64. The Balaban J connectivity index is 1.87. The van der Waals surface area contributed by atoms with Crippen molar-refractivity contribution in [2.24, 2.45) is 0 Å². The van der Waals surface area contributed by atoms with Gasteiger partial charge in [-0.3, -0.25) is 0 Å². The molecule has 3 heterocycles. The molecule has 1 unspecified atom stereocenters. The van der Waals surface area contributed by atoms with Gasteiger partial charge in [0.1, 0.15) is 41.2 Å². The summed E-state index contributed by atoms with van der Waals surface area (Å²) in [6, 6.07) is 6.25. The number of hydrogen-bond donors (Lipinski definition) is 2. The first kappa shape index (κ1) is 19.5. The molecular formula is C19H13ClF2N8. The van der Waals surface area contributed by atoms with Crippen molar-refractivity contribution in [1.82, 2.24) is 24.6 Å². The second-order valence-electron chi connectivity index (χ2n) is 6.42. The van der Waals surface area contributed by atoms with Gasteiger partial charge in [-0.2, -0.15) is 10.4 Å². The number of rotatable bonds is 4. The van der Waals surface area contributed by atoms with Gasteiger partial charge in [-0.1, -0.05) is 11.6 Å². The molecule has 1 aromatic carbocycles. The highest BCUT2D eigenvalue weighted by Crippen LogP contribution is 2.31. The molecule has 3 aromatic heterocycles. The Hall–Kier alpha value is -3.84. The molecule has 30 heavy (non-hydrogen) atoms. The number of nitrogens with one attached hydrogen (secondary N) is 1. The van der Waals surface area contributed by atoms with Crippen LogP contribution in [0.5, 0.6) is 0 Å². The van der Waals surface area contributed by atoms with E-state index >= 15 is 0 Å². The number of halogens is 3. The largest absolute Gasteiger partial charge is 0.382 e. The van der Waals surface area contributed by atoms with E-state index in [1.807, 2.05) is 6.07 Å². The SMILES string of the molecule is CC(Nc1ncnc(N)c1C#N)c1cc2ncc(Cl)n2nc1-c1cc(F)cc(F)c1. The number of hydrogen-bond acceptors (Lipinski definition) is 7. The smallest absolute Gasteiger partial charge is 0.155 e. The van der Waals surface area contributed by atoms with Crippen molar-refractivity contribution in [2.45, 2.75) is 13.0 Å². The highest BCUT2D eigenvalue weighted by atomic mass is 35.5. The number of fused-ring (bicyclic) bond motifs is 1. The van der Waals surface area contributed by atoms with Gasteiger partial charge in [0.25, 0.3) is 0 Å². The molecule has 0 aliphatic heterocycles. The number of benzene rings is 1. The zero-order chi connectivity index (χ0) is 21.4. The number of imidazole rings is 1. The van der Waals surface area contributed by atoms with Crippen molar-refractivity contribution < 1.29 is 8.78 Å². The summed E-state index contributed by atoms with van der Waals surface area (Å²) >= 11 is 6.12. The van der Waals surface area contributed by atoms with Crippen molar-refractivity contribution in [1.29, 1.82) is 5.26 Å². The van der Waals surface area contributed by atoms with Crippen LogP contribution >= 0.6 is 11.6 Å². The van der Waals surface area contributed by atoms with Crippen LogP contribution in [0, 0.1) is 23.0 Å². The Kier molecular flexibility index (Phi) is 4.89. The highest BCUT2D eigenvalue weighted by molar-refractivity contribution is 6.29. The second kappa shape index (κ2) is 7.53. The second-order valence-corrected chi connectivity index (χ2v) is 6.80. The predicted octanol–water partition coefficient (Wildman–Crippen LogP) is 3.74. The van der Waals surface area contributed by atoms with Gasteiger partial charge in [0, 0.05) is 17.2 Å². The van der Waals surface area contributed by atoms with E-state index in [1.54, 1.807) is 13.0 Å². The van der Waals surface area contributed by atoms with Crippen LogP contribution in [-0.2, 0) is 0 Å². The Morgan fingerprint density at radius 1 is 1.17 bits per heavy atom. The standard InChI is InChI=1S/C19H13ClF2N8/c1-9(28-19-14(6-23)18(24)26-8-27-19)13-5-16-25-7-15(20)30(16)29-17(13)10-2-11(21)4-12(22)3-10/h2-5,7-9H,1H3,(H3,24,26,27,28). The van der Waals surface area contributed by atoms with Crippen LogP contribution in [0.4, 0.5) is 20.4 Å². The summed E-state index contributed by atoms with van der Waals surface area (Å²) in [5, 5.41) is 17.1. The van der Waals surface area contributed by atoms with Crippen LogP contribution in [0.2, 0.25) is 5.15 Å². The molecule has 0 saturated heterocycles. The van der Waals surface area contributed by atoms with Crippen LogP contribution in [0.1, 0.15) is 24.1 Å². The Morgan fingerprint density at radius 3 is 2.60 bits per heavy atom. The molecule has 0 spiro atoms. The van der Waals surface area contributed by atoms with E-state index in [2.05, 4.69) is 25.4 Å². The van der Waals surface area contributed by atoms with Crippen LogP contribution in [-0.4, -0.2) is 24.6 Å². The molecule has 4 aromatic rings. The lowest BCUT2D eigenvalue weighted by Gasteiger charge is -2.19. The Morgan fingerprint density at radius 2 is 1.90 bits per heavy atom. The third-order valence-corrected chi connectivity index (χ3v) is 4.68. The number of aromatic nitrogens is 5. The van der Waals surface area contributed by atoms with Crippen molar-refractivity contribution in [2.75, 3.05) is 11.1 Å². The van der Waals surface area contributed by atoms with E-state index in [-0.39, 0.29) is 33.6 Å². The fourth-order valence-corrected chi connectivity index (χ4v) is 3.22. The zero-order valence-electron chi connectivity index (χ0n) is 15.4. The monoisotopic (exact) mass is 426 g/mol. The Labute approximate surface area is 174 Å². The molecule has 1 atom stereocenters. The van der Waals surface area contributed by atoms with E-state index in [0.29, 0.717) is 11.2 Å². The van der Waals surface area contributed by atoms with E-state index < -0.39 is 17.7 Å². The molecule has 11 heteroatoms. The molecule has 0 amide bonds. The zero-order valence-corrected chi connectivity index (χ0v) is 16.2. The number of nitrogen functional groups attached to an aromatic ring is 1. The molecule has 0 fully saturated rings. The van der Waals surface area contributed by atoms with Crippen LogP contribution in [0.15, 0.2) is 36.8 Å². The number of nitrogens with two attached hydrogens (primary N) is 1. The van der Waals surface area contributed by atoms with Crippen molar-refractivity contribution >= 4 is 28.9 Å². The third kappa shape index (κ3) is 3.46. The fourth-order valence-electron chi connectivity index (χ4n) is 3.05. The van der Waals surface area contributed by atoms with Gasteiger partial charge in [0.05, 0.1) is 17.9 Å². The predicted molar refractivity (Wildman–Crippen MR) is 107 cm³/mol. The molecule has 4 rings (SSSR count). The van der Waals surface area contributed by atoms with E-state index in [0.717, 1.165) is 6.07 Å². The minimum Gasteiger partial charge on any atom is -0.382 e. The first-order chi connectivity index (χ1) is 14.4. The van der Waals surface area contributed by atoms with Crippen LogP contribution in [0.25, 0.3) is 16.9 Å². The van der Waals surface area contributed by atoms with Gasteiger partial charge in [-0.15, -0.1) is 0 Å². The van der Waals surface area contributed by atoms with Gasteiger partial charge in [0.15, 0.2) is 10.8 Å². The highest BCUT2D eigenvalue weighted by Gasteiger charge is 2.20. The number of anilines is 2. The summed E-state index contributed by atoms with van der Waals surface area (Å²) in [5.74, 6) is -1.24. The number of nitriles is 1. The van der Waals surface area contributed by atoms with Gasteiger partial charge in [0.2, 0.25) is 0 Å². The van der Waals surface area contributed by atoms with E-state index in [4.69, 9.17) is 17.3 Å². The summed E-state index contributed by atoms with van der Waals surface area (Å²) in [4.78, 5) is 12.0. The van der Waals surface area contributed by atoms with Crippen molar-refractivity contribution in [3.05, 3.63) is 64.7 Å². The molecule has 3 N–H and O–H groups in total. The fraction of sp³-hybridized carbons (Fsp3) is 0.105. The molecule has 150 valence electrons. The molecule has 0 bridgehead atoms. The first-order valence-corrected chi connectivity index (χ1v) is 9.03. The lowest BCUT2D eigenvalue weighted by atomic mass is 10.0. The number of nitrogens with zero attached hydrogens (tertiary/aromatic N) is 6. The van der Waals surface area contributed by atoms with Gasteiger partial charge in [-0.05, 0) is 25.1 Å². The quantitative estimate of drug-likeness (QED) is 0.510. The molecule has 0 aliphatic carbocycles. The molecule has 0 saturated carbocycles. The Bertz CT molecular complexity index is 1290.